The van der Waals surface area contributed by atoms with Crippen LogP contribution in [0.25, 0.3) is 5.57 Å². The molecular formula is C21H26N8O4S. The van der Waals surface area contributed by atoms with E-state index in [2.05, 4.69) is 41.7 Å². The van der Waals surface area contributed by atoms with Gasteiger partial charge in [0.05, 0.1) is 36.9 Å². The van der Waals surface area contributed by atoms with Gasteiger partial charge in [0.25, 0.3) is 5.91 Å². The maximum absolute atomic E-state index is 12.5. The highest BCUT2D eigenvalue weighted by Crippen LogP contribution is 2.15. The number of nitrogens with one attached hydrogen (secondary N) is 2. The van der Waals surface area contributed by atoms with E-state index in [4.69, 9.17) is 4.74 Å². The van der Waals surface area contributed by atoms with E-state index in [-0.39, 0.29) is 18.2 Å². The summed E-state index contributed by atoms with van der Waals surface area (Å²) in [5.41, 5.74) is 1.85. The Balaban J connectivity index is 1.63. The molecule has 2 aromatic heterocycles. The van der Waals surface area contributed by atoms with Crippen molar-refractivity contribution in [1.82, 2.24) is 29.6 Å². The molecule has 1 aliphatic heterocycles. The van der Waals surface area contributed by atoms with Gasteiger partial charge in [0.15, 0.2) is 0 Å². The minimum Gasteiger partial charge on any atom is -0.477 e. The van der Waals surface area contributed by atoms with E-state index in [0.717, 1.165) is 12.0 Å². The fraction of sp³-hybridized carbons (Fsp3) is 0.333. The highest BCUT2D eigenvalue weighted by Gasteiger charge is 2.28. The average Bonchev–Trinajstić information content (AvgIpc) is 2.76. The van der Waals surface area contributed by atoms with Crippen molar-refractivity contribution in [1.29, 1.82) is 0 Å². The van der Waals surface area contributed by atoms with Crippen LogP contribution in [0.15, 0.2) is 47.5 Å². The number of carbonyl (C=O) groups is 1. The van der Waals surface area contributed by atoms with Gasteiger partial charge in [0.2, 0.25) is 11.8 Å². The number of anilines is 1. The summed E-state index contributed by atoms with van der Waals surface area (Å²) in [6.07, 6.45) is 8.54. The van der Waals surface area contributed by atoms with Gasteiger partial charge in [-0.3, -0.25) is 14.8 Å². The number of hydrogen-bond acceptors (Lipinski definition) is 9. The first kappa shape index (κ1) is 24.9. The van der Waals surface area contributed by atoms with E-state index in [1.54, 1.807) is 18.3 Å². The van der Waals surface area contributed by atoms with Crippen LogP contribution in [-0.4, -0.2) is 65.0 Å². The number of hydrogen-bond donors (Lipinski definition) is 2. The minimum absolute atomic E-state index is 0.0389. The Morgan fingerprint density at radius 3 is 2.76 bits per heavy atom. The summed E-state index contributed by atoms with van der Waals surface area (Å²) in [5.74, 6) is -0.132. The summed E-state index contributed by atoms with van der Waals surface area (Å²) < 4.78 is 33.4. The van der Waals surface area contributed by atoms with Crippen molar-refractivity contribution < 1.29 is 17.9 Å². The van der Waals surface area contributed by atoms with Gasteiger partial charge in [-0.2, -0.15) is 12.7 Å². The van der Waals surface area contributed by atoms with Crippen LogP contribution < -0.4 is 14.8 Å². The van der Waals surface area contributed by atoms with Gasteiger partial charge < -0.3 is 10.1 Å². The van der Waals surface area contributed by atoms with E-state index in [0.29, 0.717) is 37.0 Å². The lowest BCUT2D eigenvalue weighted by atomic mass is 10.2. The summed E-state index contributed by atoms with van der Waals surface area (Å²) in [6, 6.07) is 1.57. The molecule has 1 aliphatic rings. The number of rotatable bonds is 11. The maximum Gasteiger partial charge on any atom is 0.303 e. The zero-order valence-electron chi connectivity index (χ0n) is 18.9. The fourth-order valence-electron chi connectivity index (χ4n) is 2.76. The second kappa shape index (κ2) is 11.4. The standard InChI is InChI=1S/C21H26N8O4S/c1-4-33-19-14-23-13-18(27-19)15(2)6-7-17(22-3)20(30)25-12-16-8-9-24-21(26-16)28-34(31,32)29-10-5-11-29/h6-9,13-14H,3-5,10-12H2,1-2H3,(H,25,30)(H,24,26,28)/b15-6+,17-7-. The normalized spacial score (nSPS) is 14.8. The quantitative estimate of drug-likeness (QED) is 0.274. The van der Waals surface area contributed by atoms with E-state index >= 15 is 0 Å². The molecule has 0 bridgehead atoms. The van der Waals surface area contributed by atoms with Gasteiger partial charge >= 0.3 is 10.2 Å². The lowest BCUT2D eigenvalue weighted by Crippen LogP contribution is -2.45. The molecule has 0 saturated carbocycles. The zero-order chi connectivity index (χ0) is 24.6. The van der Waals surface area contributed by atoms with Crippen LogP contribution in [0.3, 0.4) is 0 Å². The molecule has 3 rings (SSSR count). The molecule has 2 N–H and O–H groups in total. The summed E-state index contributed by atoms with van der Waals surface area (Å²) >= 11 is 0. The molecular weight excluding hydrogens is 460 g/mol. The largest absolute Gasteiger partial charge is 0.477 e. The van der Waals surface area contributed by atoms with E-state index in [1.165, 1.54) is 22.8 Å². The topological polar surface area (TPSA) is 152 Å². The molecule has 0 aliphatic carbocycles. The Morgan fingerprint density at radius 2 is 2.09 bits per heavy atom. The van der Waals surface area contributed by atoms with Crippen LogP contribution in [0.2, 0.25) is 0 Å². The van der Waals surface area contributed by atoms with Crippen molar-refractivity contribution in [2.75, 3.05) is 24.4 Å². The van der Waals surface area contributed by atoms with Crippen molar-refractivity contribution in [3.05, 3.63) is 53.9 Å². The van der Waals surface area contributed by atoms with E-state index in [9.17, 15) is 13.2 Å². The van der Waals surface area contributed by atoms with Gasteiger partial charge in [-0.15, -0.1) is 0 Å². The van der Waals surface area contributed by atoms with Gasteiger partial charge in [-0.25, -0.2) is 19.7 Å². The van der Waals surface area contributed by atoms with Crippen LogP contribution in [-0.2, 0) is 21.5 Å². The van der Waals surface area contributed by atoms with Gasteiger partial charge in [-0.05, 0) is 44.7 Å². The molecule has 180 valence electrons. The molecule has 1 saturated heterocycles. The number of aromatic nitrogens is 4. The van der Waals surface area contributed by atoms with Crippen molar-refractivity contribution in [3.8, 4) is 5.88 Å². The molecule has 0 aromatic carbocycles. The third kappa shape index (κ3) is 6.65. The Bertz CT molecular complexity index is 1210. The van der Waals surface area contributed by atoms with Gasteiger partial charge in [0.1, 0.15) is 5.70 Å². The molecule has 0 spiro atoms. The zero-order valence-corrected chi connectivity index (χ0v) is 19.7. The smallest absolute Gasteiger partial charge is 0.303 e. The number of nitrogens with zero attached hydrogens (tertiary/aromatic N) is 6. The first-order valence-corrected chi connectivity index (χ1v) is 11.9. The molecule has 0 atom stereocenters. The summed E-state index contributed by atoms with van der Waals surface area (Å²) in [5, 5.41) is 2.68. The highest BCUT2D eigenvalue weighted by molar-refractivity contribution is 7.90. The van der Waals surface area contributed by atoms with Crippen LogP contribution in [0.5, 0.6) is 5.88 Å². The molecule has 13 heteroatoms. The SMILES string of the molecule is C=N/C(=C\C=C(/C)c1cncc(OCC)n1)C(=O)NCc1ccnc(NS(=O)(=O)N2CCC2)n1. The molecule has 2 aromatic rings. The van der Waals surface area contributed by atoms with E-state index in [1.807, 2.05) is 13.8 Å². The van der Waals surface area contributed by atoms with Crippen LogP contribution in [0.4, 0.5) is 5.95 Å². The molecule has 1 fully saturated rings. The van der Waals surface area contributed by atoms with Crippen molar-refractivity contribution in [3.63, 3.8) is 0 Å². The molecule has 0 radical (unpaired) electrons. The second-order valence-electron chi connectivity index (χ2n) is 7.15. The third-order valence-electron chi connectivity index (χ3n) is 4.72. The molecule has 34 heavy (non-hydrogen) atoms. The number of ether oxygens (including phenoxy) is 1. The van der Waals surface area contributed by atoms with Gasteiger partial charge in [-0.1, -0.05) is 6.08 Å². The average molecular weight is 487 g/mol. The maximum atomic E-state index is 12.5. The number of allylic oxidation sites excluding steroid dienone is 3. The fourth-order valence-corrected chi connectivity index (χ4v) is 3.95. The lowest BCUT2D eigenvalue weighted by molar-refractivity contribution is -0.117. The monoisotopic (exact) mass is 486 g/mol. The lowest BCUT2D eigenvalue weighted by Gasteiger charge is -2.29. The summed E-state index contributed by atoms with van der Waals surface area (Å²) in [6.45, 7) is 8.57. The first-order chi connectivity index (χ1) is 16.3. The molecule has 1 amide bonds. The Kier molecular flexibility index (Phi) is 8.38. The van der Waals surface area contributed by atoms with Crippen molar-refractivity contribution in [2.24, 2.45) is 4.99 Å². The van der Waals surface area contributed by atoms with Crippen molar-refractivity contribution >= 4 is 34.4 Å². The predicted octanol–water partition coefficient (Wildman–Crippen LogP) is 1.33. The summed E-state index contributed by atoms with van der Waals surface area (Å²) in [7, 11) is -3.67. The molecule has 3 heterocycles. The predicted molar refractivity (Wildman–Crippen MR) is 127 cm³/mol. The number of aliphatic imine (C=N–C) groups is 1. The number of amides is 1. The Labute approximate surface area is 198 Å². The van der Waals surface area contributed by atoms with Gasteiger partial charge in [0, 0.05) is 19.3 Å². The highest BCUT2D eigenvalue weighted by atomic mass is 32.2. The Morgan fingerprint density at radius 1 is 1.29 bits per heavy atom. The third-order valence-corrected chi connectivity index (χ3v) is 6.21. The van der Waals surface area contributed by atoms with Crippen LogP contribution in [0.1, 0.15) is 31.7 Å². The summed E-state index contributed by atoms with van der Waals surface area (Å²) in [4.78, 5) is 32.8. The molecule has 0 unspecified atom stereocenters. The Hall–Kier alpha value is -3.71. The van der Waals surface area contributed by atoms with Crippen LogP contribution >= 0.6 is 0 Å². The molecule has 12 nitrogen and oxygen atoms in total. The van der Waals surface area contributed by atoms with Crippen LogP contribution in [0, 0.1) is 0 Å². The van der Waals surface area contributed by atoms with E-state index < -0.39 is 16.1 Å². The first-order valence-electron chi connectivity index (χ1n) is 10.5. The number of carbonyl (C=O) groups excluding carboxylic acids is 1. The van der Waals surface area contributed by atoms with Crippen molar-refractivity contribution in [2.45, 2.75) is 26.8 Å². The second-order valence-corrected chi connectivity index (χ2v) is 8.82. The minimum atomic E-state index is -3.67.